The maximum absolute atomic E-state index is 4.77. The molecule has 3 aliphatic rings. The van der Waals surface area contributed by atoms with Gasteiger partial charge in [0, 0.05) is 11.8 Å². The van der Waals surface area contributed by atoms with Crippen LogP contribution in [0.4, 0.5) is 0 Å². The Morgan fingerprint density at radius 3 is 2.46 bits per heavy atom. The van der Waals surface area contributed by atoms with Gasteiger partial charge < -0.3 is 5.32 Å². The van der Waals surface area contributed by atoms with E-state index in [4.69, 9.17) is 4.99 Å². The summed E-state index contributed by atoms with van der Waals surface area (Å²) in [6, 6.07) is 0.343. The maximum Gasteiger partial charge on any atom is 0.0749 e. The van der Waals surface area contributed by atoms with Crippen molar-refractivity contribution in [2.24, 2.45) is 10.9 Å². The Hall–Kier alpha value is -1.93. The minimum atomic E-state index is 0.00597. The average Bonchev–Trinajstić information content (AvgIpc) is 2.70. The second kappa shape index (κ2) is 8.18. The molecule has 3 rings (SSSR count). The molecule has 0 aromatic heterocycles. The number of dihydropyridines is 1. The van der Waals surface area contributed by atoms with Crippen molar-refractivity contribution in [3.05, 3.63) is 72.9 Å². The minimum Gasteiger partial charge on any atom is -0.308 e. The third-order valence-corrected chi connectivity index (χ3v) is 6.29. The van der Waals surface area contributed by atoms with Crippen LogP contribution in [0.2, 0.25) is 0 Å². The van der Waals surface area contributed by atoms with E-state index in [0.717, 1.165) is 43.4 Å². The molecule has 1 aliphatic carbocycles. The lowest BCUT2D eigenvalue weighted by Gasteiger charge is -2.49. The molecule has 0 spiro atoms. The Morgan fingerprint density at radius 1 is 1.12 bits per heavy atom. The molecule has 2 nitrogen and oxygen atoms in total. The first kappa shape index (κ1) is 18.8. The molecule has 2 aliphatic heterocycles. The first-order valence-corrected chi connectivity index (χ1v) is 9.89. The Balaban J connectivity index is 1.99. The Labute approximate surface area is 158 Å². The van der Waals surface area contributed by atoms with Crippen LogP contribution in [-0.2, 0) is 0 Å². The molecule has 0 bridgehead atoms. The van der Waals surface area contributed by atoms with Gasteiger partial charge in [-0.3, -0.25) is 4.99 Å². The van der Waals surface area contributed by atoms with Gasteiger partial charge in [0.05, 0.1) is 6.04 Å². The van der Waals surface area contributed by atoms with Gasteiger partial charge in [-0.15, -0.1) is 0 Å². The van der Waals surface area contributed by atoms with Crippen molar-refractivity contribution in [1.82, 2.24) is 5.32 Å². The largest absolute Gasteiger partial charge is 0.308 e. The van der Waals surface area contributed by atoms with Crippen LogP contribution in [0, 0.1) is 5.92 Å². The van der Waals surface area contributed by atoms with Crippen LogP contribution in [0.3, 0.4) is 0 Å². The summed E-state index contributed by atoms with van der Waals surface area (Å²) in [5, 5.41) is 3.93. The van der Waals surface area contributed by atoms with Crippen LogP contribution in [0.25, 0.3) is 0 Å². The molecular weight excluding hydrogens is 316 g/mol. The lowest BCUT2D eigenvalue weighted by Crippen LogP contribution is -2.55. The zero-order valence-electron chi connectivity index (χ0n) is 16.0. The minimum absolute atomic E-state index is 0.00597. The summed E-state index contributed by atoms with van der Waals surface area (Å²) in [5.74, 6) is 0.675. The topological polar surface area (TPSA) is 24.4 Å². The van der Waals surface area contributed by atoms with E-state index in [1.54, 1.807) is 5.57 Å². The lowest BCUT2D eigenvalue weighted by atomic mass is 9.64. The number of allylic oxidation sites excluding steroid dienone is 5. The zero-order chi connectivity index (χ0) is 18.6. The van der Waals surface area contributed by atoms with E-state index in [1.807, 2.05) is 18.4 Å². The molecule has 1 fully saturated rings. The summed E-state index contributed by atoms with van der Waals surface area (Å²) in [6.07, 6.45) is 17.9. The number of nitrogens with one attached hydrogen (secondary N) is 1. The molecule has 1 saturated heterocycles. The number of rotatable bonds is 8. The summed E-state index contributed by atoms with van der Waals surface area (Å²) in [4.78, 5) is 4.77. The van der Waals surface area contributed by atoms with Crippen molar-refractivity contribution in [1.29, 1.82) is 0 Å². The van der Waals surface area contributed by atoms with E-state index in [1.165, 1.54) is 24.8 Å². The standard InChI is InChI=1S/C24H32N2/c1-5-18(3)11-14-24(15-12-19(4)6-2)23-20(13-17-26-24)9-10-22-21(23)8-7-16-25-22/h5-8,16,20,22,26H,1-4,9-15,17H2. The summed E-state index contributed by atoms with van der Waals surface area (Å²) < 4.78 is 0. The zero-order valence-corrected chi connectivity index (χ0v) is 16.0. The summed E-state index contributed by atoms with van der Waals surface area (Å²) in [5.41, 5.74) is 5.31. The molecular formula is C24H32N2. The first-order chi connectivity index (χ1) is 12.6. The van der Waals surface area contributed by atoms with Crippen molar-refractivity contribution < 1.29 is 0 Å². The van der Waals surface area contributed by atoms with Crippen LogP contribution >= 0.6 is 0 Å². The fourth-order valence-corrected chi connectivity index (χ4v) is 4.79. The second-order valence-corrected chi connectivity index (χ2v) is 7.84. The normalized spacial score (nSPS) is 26.0. The first-order valence-electron chi connectivity index (χ1n) is 9.89. The molecule has 26 heavy (non-hydrogen) atoms. The molecule has 2 heteroatoms. The molecule has 0 aromatic rings. The van der Waals surface area contributed by atoms with E-state index in [9.17, 15) is 0 Å². The van der Waals surface area contributed by atoms with Gasteiger partial charge in [-0.25, -0.2) is 0 Å². The number of nitrogens with zero attached hydrogens (tertiary/aromatic N) is 1. The van der Waals surface area contributed by atoms with Crippen molar-refractivity contribution in [3.63, 3.8) is 0 Å². The van der Waals surface area contributed by atoms with Gasteiger partial charge in [-0.1, -0.05) is 55.7 Å². The third kappa shape index (κ3) is 3.76. The van der Waals surface area contributed by atoms with E-state index >= 15 is 0 Å². The Morgan fingerprint density at radius 2 is 1.81 bits per heavy atom. The van der Waals surface area contributed by atoms with Crippen LogP contribution in [0.5, 0.6) is 0 Å². The van der Waals surface area contributed by atoms with E-state index in [0.29, 0.717) is 12.0 Å². The highest BCUT2D eigenvalue weighted by molar-refractivity contribution is 5.75. The number of fused-ring (bicyclic) bond motifs is 2. The van der Waals surface area contributed by atoms with Gasteiger partial charge in [0.15, 0.2) is 0 Å². The fourth-order valence-electron chi connectivity index (χ4n) is 4.79. The van der Waals surface area contributed by atoms with Gasteiger partial charge >= 0.3 is 0 Å². The van der Waals surface area contributed by atoms with Gasteiger partial charge in [0.1, 0.15) is 0 Å². The molecule has 0 amide bonds. The van der Waals surface area contributed by atoms with Crippen LogP contribution in [0.15, 0.2) is 77.9 Å². The highest BCUT2D eigenvalue weighted by Gasteiger charge is 2.44. The summed E-state index contributed by atoms with van der Waals surface area (Å²) in [7, 11) is 0. The van der Waals surface area contributed by atoms with E-state index in [-0.39, 0.29) is 5.54 Å². The molecule has 2 heterocycles. The fraction of sp³-hybridized carbons (Fsp3) is 0.458. The molecule has 1 N–H and O–H groups in total. The van der Waals surface area contributed by atoms with E-state index < -0.39 is 0 Å². The van der Waals surface area contributed by atoms with Crippen LogP contribution in [-0.4, -0.2) is 24.3 Å². The number of aliphatic imine (C=N–C) groups is 1. The number of hydrogen-bond acceptors (Lipinski definition) is 2. The summed E-state index contributed by atoms with van der Waals surface area (Å²) in [6.45, 7) is 17.2. The monoisotopic (exact) mass is 348 g/mol. The van der Waals surface area contributed by atoms with Crippen molar-refractivity contribution in [2.45, 2.75) is 56.5 Å². The highest BCUT2D eigenvalue weighted by atomic mass is 15.0. The Kier molecular flexibility index (Phi) is 5.93. The quantitative estimate of drug-likeness (QED) is 0.577. The van der Waals surface area contributed by atoms with Crippen molar-refractivity contribution in [3.8, 4) is 0 Å². The number of hydrogen-bond donors (Lipinski definition) is 1. The SMILES string of the molecule is C=CC(=C)CCC1(CCC(=C)C=C)NCCC2CCC3N=CC=CC3=C21. The molecule has 0 saturated carbocycles. The van der Waals surface area contributed by atoms with Crippen LogP contribution in [0.1, 0.15) is 44.9 Å². The maximum atomic E-state index is 4.77. The van der Waals surface area contributed by atoms with Gasteiger partial charge in [-0.05, 0) is 74.6 Å². The predicted molar refractivity (Wildman–Crippen MR) is 114 cm³/mol. The smallest absolute Gasteiger partial charge is 0.0749 e. The summed E-state index contributed by atoms with van der Waals surface area (Å²) >= 11 is 0. The average molecular weight is 349 g/mol. The Bertz CT molecular complexity index is 665. The predicted octanol–water partition coefficient (Wildman–Crippen LogP) is 5.48. The van der Waals surface area contributed by atoms with Gasteiger partial charge in [0.25, 0.3) is 0 Å². The van der Waals surface area contributed by atoms with Crippen molar-refractivity contribution in [2.75, 3.05) is 6.54 Å². The molecule has 0 radical (unpaired) electrons. The van der Waals surface area contributed by atoms with E-state index in [2.05, 4.69) is 43.8 Å². The van der Waals surface area contributed by atoms with Crippen LogP contribution < -0.4 is 5.32 Å². The highest BCUT2D eigenvalue weighted by Crippen LogP contribution is 2.47. The number of piperidine rings is 1. The van der Waals surface area contributed by atoms with Gasteiger partial charge in [-0.2, -0.15) is 0 Å². The molecule has 2 atom stereocenters. The molecule has 2 unspecified atom stereocenters. The molecule has 138 valence electrons. The van der Waals surface area contributed by atoms with Gasteiger partial charge in [0.2, 0.25) is 0 Å². The van der Waals surface area contributed by atoms with Crippen molar-refractivity contribution >= 4 is 6.21 Å². The molecule has 0 aromatic carbocycles. The second-order valence-electron chi connectivity index (χ2n) is 7.84. The lowest BCUT2D eigenvalue weighted by molar-refractivity contribution is 0.232. The third-order valence-electron chi connectivity index (χ3n) is 6.29.